The Bertz CT molecular complexity index is 1930. The maximum absolute atomic E-state index is 13.9. The molecule has 0 spiro atoms. The number of hydrogen-bond donors (Lipinski definition) is 4. The first-order valence-corrected chi connectivity index (χ1v) is 24.8. The van der Waals surface area contributed by atoms with Gasteiger partial charge in [-0.3, -0.25) is 9.59 Å². The lowest BCUT2D eigenvalue weighted by atomic mass is 9.77. The second kappa shape index (κ2) is 21.7. The molecule has 0 bridgehead atoms. The van der Waals surface area contributed by atoms with Crippen LogP contribution < -0.4 is 31.0 Å². The number of nitrogen functional groups attached to an aromatic ring is 2. The number of carbonyl (C=O) groups is 2. The zero-order valence-electron chi connectivity index (χ0n) is 39.3. The lowest BCUT2D eigenvalue weighted by Gasteiger charge is -2.34. The van der Waals surface area contributed by atoms with Crippen molar-refractivity contribution in [3.05, 3.63) is 107 Å². The van der Waals surface area contributed by atoms with Gasteiger partial charge in [0, 0.05) is 64.5 Å². The molecular weight excluding hydrogens is 837 g/mol. The highest BCUT2D eigenvalue weighted by atomic mass is 28.4. The smallest absolute Gasteiger partial charge is 0.478 e. The van der Waals surface area contributed by atoms with Crippen molar-refractivity contribution in [3.63, 3.8) is 0 Å². The molecule has 4 aromatic rings. The van der Waals surface area contributed by atoms with E-state index in [2.05, 4.69) is 10.6 Å². The van der Waals surface area contributed by atoms with Gasteiger partial charge in [0.1, 0.15) is 11.5 Å². The molecule has 4 rings (SSSR count). The van der Waals surface area contributed by atoms with E-state index in [9.17, 15) is 9.59 Å². The van der Waals surface area contributed by atoms with Gasteiger partial charge in [0.25, 0.3) is 11.8 Å². The first-order valence-electron chi connectivity index (χ1n) is 21.5. The Morgan fingerprint density at radius 3 is 0.984 bits per heavy atom. The number of hydrogen-bond acceptors (Lipinski definition) is 12. The summed E-state index contributed by atoms with van der Waals surface area (Å²) in [4.78, 5) is 27.7. The molecule has 0 aliphatic rings. The fraction of sp³-hybridized carbons (Fsp3) is 0.447. The Morgan fingerprint density at radius 2 is 0.730 bits per heavy atom. The highest BCUT2D eigenvalue weighted by Crippen LogP contribution is 2.41. The average Bonchev–Trinajstić information content (AvgIpc) is 3.14. The van der Waals surface area contributed by atoms with Gasteiger partial charge in [-0.1, -0.05) is 26.0 Å². The quantitative estimate of drug-likeness (QED) is 0.0433. The van der Waals surface area contributed by atoms with Crippen LogP contribution in [0.2, 0.25) is 0 Å². The summed E-state index contributed by atoms with van der Waals surface area (Å²) in [5.41, 5.74) is 15.2. The van der Waals surface area contributed by atoms with Gasteiger partial charge in [-0.2, -0.15) is 0 Å². The van der Waals surface area contributed by atoms with Crippen LogP contribution in [0.5, 0.6) is 11.5 Å². The third-order valence-corrected chi connectivity index (χ3v) is 14.5. The standard InChI is InChI=1S/C47H68N4O10Si2/c1-29(2)54-62(55-30(3)4,56-31(5)6)60-43-25-19-37(27-41(43)50-45(52)35-15-21-39(48)22-16-35)47(13,14)38-20-26-44(42(28-38)51-46(53)36-17-23-40(49)24-18-36)61-63(57-32(7)8,58-33(9)10)59-34(11)12/h15-34H,48-49H2,1-14H3,(H,50,52)(H,51,53). The molecule has 16 heteroatoms. The minimum atomic E-state index is -3.89. The van der Waals surface area contributed by atoms with E-state index >= 15 is 0 Å². The van der Waals surface area contributed by atoms with Gasteiger partial charge in [0.15, 0.2) is 0 Å². The van der Waals surface area contributed by atoms with Gasteiger partial charge in [-0.25, -0.2) is 0 Å². The number of benzene rings is 4. The zero-order chi connectivity index (χ0) is 46.9. The molecule has 0 heterocycles. The van der Waals surface area contributed by atoms with Crippen LogP contribution in [0.25, 0.3) is 0 Å². The van der Waals surface area contributed by atoms with Crippen LogP contribution in [0.15, 0.2) is 84.9 Å². The topological polar surface area (TPSA) is 184 Å². The van der Waals surface area contributed by atoms with Gasteiger partial charge in [-0.05, 0) is 167 Å². The Kier molecular flexibility index (Phi) is 17.5. The Morgan fingerprint density at radius 1 is 0.460 bits per heavy atom. The van der Waals surface area contributed by atoms with Crippen molar-refractivity contribution in [3.8, 4) is 11.5 Å². The lowest BCUT2D eigenvalue weighted by molar-refractivity contribution is -0.0476. The molecule has 0 aliphatic heterocycles. The highest BCUT2D eigenvalue weighted by Gasteiger charge is 2.53. The summed E-state index contributed by atoms with van der Waals surface area (Å²) in [6.07, 6.45) is -1.83. The van der Waals surface area contributed by atoms with Crippen LogP contribution in [0, 0.1) is 0 Å². The molecule has 14 nitrogen and oxygen atoms in total. The molecule has 0 atom stereocenters. The largest absolute Gasteiger partial charge is 0.750 e. The molecular formula is C47H68N4O10Si2. The Labute approximate surface area is 376 Å². The minimum absolute atomic E-state index is 0.286. The molecule has 0 saturated heterocycles. The van der Waals surface area contributed by atoms with Crippen molar-refractivity contribution >= 4 is 52.7 Å². The van der Waals surface area contributed by atoms with E-state index in [-0.39, 0.29) is 59.9 Å². The monoisotopic (exact) mass is 904 g/mol. The molecule has 0 aliphatic carbocycles. The molecule has 0 aromatic heterocycles. The normalized spacial score (nSPS) is 12.5. The van der Waals surface area contributed by atoms with Crippen molar-refractivity contribution < 1.29 is 45.0 Å². The maximum atomic E-state index is 13.9. The second-order valence-electron chi connectivity index (χ2n) is 17.4. The predicted octanol–water partition coefficient (Wildman–Crippen LogP) is 9.86. The molecule has 6 N–H and O–H groups in total. The van der Waals surface area contributed by atoms with E-state index in [0.29, 0.717) is 33.9 Å². The number of nitrogens with one attached hydrogen (secondary N) is 2. The lowest BCUT2D eigenvalue weighted by Crippen LogP contribution is -2.56. The second-order valence-corrected chi connectivity index (χ2v) is 21.2. The van der Waals surface area contributed by atoms with E-state index < -0.39 is 23.5 Å². The van der Waals surface area contributed by atoms with Crippen LogP contribution in [-0.4, -0.2) is 66.5 Å². The van der Waals surface area contributed by atoms with Gasteiger partial charge in [0.05, 0.1) is 11.4 Å². The summed E-state index contributed by atoms with van der Waals surface area (Å²) in [6.45, 7) is 26.6. The van der Waals surface area contributed by atoms with Crippen molar-refractivity contribution in [2.45, 2.75) is 139 Å². The summed E-state index contributed by atoms with van der Waals surface area (Å²) < 4.78 is 51.5. The summed E-state index contributed by atoms with van der Waals surface area (Å²) in [6, 6.07) is 24.3. The van der Waals surface area contributed by atoms with Crippen LogP contribution >= 0.6 is 0 Å². The van der Waals surface area contributed by atoms with E-state index in [1.54, 1.807) is 60.7 Å². The van der Waals surface area contributed by atoms with Crippen molar-refractivity contribution in [1.82, 2.24) is 0 Å². The molecule has 4 aromatic carbocycles. The van der Waals surface area contributed by atoms with Crippen LogP contribution in [0.3, 0.4) is 0 Å². The predicted molar refractivity (Wildman–Crippen MR) is 253 cm³/mol. The summed E-state index contributed by atoms with van der Waals surface area (Å²) in [5.74, 6) is -0.207. The van der Waals surface area contributed by atoms with E-state index in [1.165, 1.54) is 0 Å². The van der Waals surface area contributed by atoms with Gasteiger partial charge in [0.2, 0.25) is 0 Å². The highest BCUT2D eigenvalue weighted by molar-refractivity contribution is 6.55. The molecule has 0 unspecified atom stereocenters. The SMILES string of the molecule is CC(C)O[Si](Oc1ccc(C(C)(C)c2ccc(O[Si](OC(C)C)(OC(C)C)OC(C)C)c(NC(=O)c3ccc(N)cc3)c2)cc1NC(=O)c1ccc(N)cc1)(OC(C)C)OC(C)C. The van der Waals surface area contributed by atoms with Gasteiger partial charge < -0.3 is 57.5 Å². The fourth-order valence-electron chi connectivity index (χ4n) is 6.35. The number of nitrogens with two attached hydrogens (primary N) is 2. The van der Waals surface area contributed by atoms with E-state index in [4.69, 9.17) is 46.9 Å². The van der Waals surface area contributed by atoms with Crippen molar-refractivity contribution in [2.24, 2.45) is 0 Å². The molecule has 344 valence electrons. The number of carbonyl (C=O) groups excluding carboxylic acids is 2. The summed E-state index contributed by atoms with van der Waals surface area (Å²) >= 11 is 0. The van der Waals surface area contributed by atoms with Crippen molar-refractivity contribution in [2.75, 3.05) is 22.1 Å². The molecule has 63 heavy (non-hydrogen) atoms. The van der Waals surface area contributed by atoms with Crippen LogP contribution in [0.4, 0.5) is 22.7 Å². The Balaban J connectivity index is 1.90. The fourth-order valence-corrected chi connectivity index (χ4v) is 11.3. The first-order chi connectivity index (χ1) is 29.4. The number of amides is 2. The summed E-state index contributed by atoms with van der Waals surface area (Å²) in [5, 5.41) is 6.12. The van der Waals surface area contributed by atoms with Crippen LogP contribution in [0.1, 0.15) is 129 Å². The number of anilines is 4. The molecule has 0 fully saturated rings. The first kappa shape index (κ1) is 50.9. The molecule has 0 saturated carbocycles. The molecule has 2 amide bonds. The van der Waals surface area contributed by atoms with Crippen LogP contribution in [-0.2, 0) is 32.0 Å². The molecule has 0 radical (unpaired) electrons. The average molecular weight is 905 g/mol. The van der Waals surface area contributed by atoms with Gasteiger partial charge in [-0.15, -0.1) is 0 Å². The van der Waals surface area contributed by atoms with E-state index in [1.807, 2.05) is 121 Å². The van der Waals surface area contributed by atoms with E-state index in [0.717, 1.165) is 11.1 Å². The maximum Gasteiger partial charge on any atom is 0.750 e. The minimum Gasteiger partial charge on any atom is -0.478 e. The third-order valence-electron chi connectivity index (χ3n) is 8.99. The van der Waals surface area contributed by atoms with Gasteiger partial charge >= 0.3 is 18.1 Å². The number of rotatable bonds is 22. The third kappa shape index (κ3) is 14.6. The summed E-state index contributed by atoms with van der Waals surface area (Å²) in [7, 11) is -7.78. The van der Waals surface area contributed by atoms with Crippen molar-refractivity contribution in [1.29, 1.82) is 0 Å². The zero-order valence-corrected chi connectivity index (χ0v) is 41.3. The Hall–Kier alpha value is -4.79.